The second-order valence-corrected chi connectivity index (χ2v) is 6.25. The molecule has 2 aliphatic rings. The largest absolute Gasteiger partial charge is 0.353 e. The molecule has 3 rings (SSSR count). The van der Waals surface area contributed by atoms with Crippen molar-refractivity contribution in [2.75, 3.05) is 33.2 Å². The van der Waals surface area contributed by atoms with Crippen molar-refractivity contribution in [3.05, 3.63) is 29.8 Å². The minimum atomic E-state index is -3.48. The van der Waals surface area contributed by atoms with Crippen molar-refractivity contribution in [1.29, 1.82) is 0 Å². The minimum absolute atomic E-state index is 0. The number of hydrogen-bond acceptors (Lipinski definition) is 4. The first kappa shape index (κ1) is 17.2. The number of rotatable bonds is 0. The molecular formula is C12H17Cl2N3O2S. The van der Waals surface area contributed by atoms with Crippen molar-refractivity contribution in [1.82, 2.24) is 9.80 Å². The van der Waals surface area contributed by atoms with E-state index in [1.165, 1.54) is 0 Å². The molecule has 20 heavy (non-hydrogen) atoms. The number of benzene rings is 1. The Morgan fingerprint density at radius 2 is 1.65 bits per heavy atom. The quantitative estimate of drug-likeness (QED) is 0.714. The Kier molecular flexibility index (Phi) is 5.43. The second kappa shape index (κ2) is 6.30. The molecule has 0 bridgehead atoms. The lowest BCUT2D eigenvalue weighted by molar-refractivity contribution is 0.216. The number of halogens is 2. The zero-order valence-electron chi connectivity index (χ0n) is 11.0. The van der Waals surface area contributed by atoms with Crippen molar-refractivity contribution < 1.29 is 8.42 Å². The molecule has 112 valence electrons. The van der Waals surface area contributed by atoms with Crippen LogP contribution in [0, 0.1) is 0 Å². The summed E-state index contributed by atoms with van der Waals surface area (Å²) >= 11 is 0. The van der Waals surface area contributed by atoms with Crippen LogP contribution in [0.2, 0.25) is 0 Å². The molecular weight excluding hydrogens is 321 g/mol. The topological polar surface area (TPSA) is 53.0 Å². The number of fused-ring (bicyclic) bond motifs is 1. The van der Waals surface area contributed by atoms with Gasteiger partial charge in [0.15, 0.2) is 5.84 Å². The van der Waals surface area contributed by atoms with Crippen LogP contribution >= 0.6 is 24.8 Å². The van der Waals surface area contributed by atoms with E-state index in [-0.39, 0.29) is 24.8 Å². The third-order valence-electron chi connectivity index (χ3n) is 3.42. The molecule has 1 aromatic carbocycles. The van der Waals surface area contributed by atoms with Gasteiger partial charge >= 0.3 is 0 Å². The highest BCUT2D eigenvalue weighted by Crippen LogP contribution is 2.27. The van der Waals surface area contributed by atoms with E-state index in [1.54, 1.807) is 12.1 Å². The first-order valence-electron chi connectivity index (χ1n) is 5.96. The van der Waals surface area contributed by atoms with Gasteiger partial charge in [0, 0.05) is 31.7 Å². The summed E-state index contributed by atoms with van der Waals surface area (Å²) in [6.45, 7) is 3.50. The Morgan fingerprint density at radius 1 is 1.05 bits per heavy atom. The predicted octanol–water partition coefficient (Wildman–Crippen LogP) is 1.23. The lowest BCUT2D eigenvalue weighted by atomic mass is 10.1. The summed E-state index contributed by atoms with van der Waals surface area (Å²) in [7, 11) is -1.42. The molecule has 0 aliphatic carbocycles. The van der Waals surface area contributed by atoms with Crippen molar-refractivity contribution in [2.45, 2.75) is 4.90 Å². The minimum Gasteiger partial charge on any atom is -0.353 e. The van der Waals surface area contributed by atoms with Gasteiger partial charge in [-0.15, -0.1) is 29.2 Å². The van der Waals surface area contributed by atoms with Gasteiger partial charge in [-0.05, 0) is 19.2 Å². The Hall–Kier alpha value is -0.820. The number of hydrogen-bond donors (Lipinski definition) is 0. The van der Waals surface area contributed by atoms with Gasteiger partial charge in [0.1, 0.15) is 4.90 Å². The molecule has 0 atom stereocenters. The smallest absolute Gasteiger partial charge is 0.285 e. The molecule has 0 aromatic heterocycles. The van der Waals surface area contributed by atoms with E-state index in [4.69, 9.17) is 0 Å². The third kappa shape index (κ3) is 2.93. The molecule has 2 heterocycles. The van der Waals surface area contributed by atoms with Crippen LogP contribution in [0.4, 0.5) is 0 Å². The van der Waals surface area contributed by atoms with E-state index >= 15 is 0 Å². The summed E-state index contributed by atoms with van der Waals surface area (Å²) in [5.74, 6) is 0.610. The molecule has 5 nitrogen and oxygen atoms in total. The fourth-order valence-electron chi connectivity index (χ4n) is 2.33. The van der Waals surface area contributed by atoms with Gasteiger partial charge in [-0.25, -0.2) is 0 Å². The van der Waals surface area contributed by atoms with Crippen LogP contribution in [0.15, 0.2) is 33.6 Å². The van der Waals surface area contributed by atoms with E-state index < -0.39 is 10.0 Å². The van der Waals surface area contributed by atoms with Crippen LogP contribution in [0.3, 0.4) is 0 Å². The molecule has 1 fully saturated rings. The van der Waals surface area contributed by atoms with Gasteiger partial charge in [-0.2, -0.15) is 8.42 Å². The zero-order valence-corrected chi connectivity index (χ0v) is 13.5. The third-order valence-corrected chi connectivity index (χ3v) is 4.74. The van der Waals surface area contributed by atoms with E-state index in [9.17, 15) is 8.42 Å². The van der Waals surface area contributed by atoms with Crippen LogP contribution in [-0.2, 0) is 10.0 Å². The number of amidine groups is 1. The van der Waals surface area contributed by atoms with E-state index in [2.05, 4.69) is 21.2 Å². The van der Waals surface area contributed by atoms with Crippen molar-refractivity contribution >= 4 is 40.7 Å². The molecule has 0 spiro atoms. The maximum absolute atomic E-state index is 11.9. The van der Waals surface area contributed by atoms with E-state index in [0.717, 1.165) is 31.7 Å². The Balaban J connectivity index is 0.000001000. The van der Waals surface area contributed by atoms with Crippen molar-refractivity contribution in [3.8, 4) is 0 Å². The summed E-state index contributed by atoms with van der Waals surface area (Å²) < 4.78 is 27.8. The molecule has 0 radical (unpaired) electrons. The van der Waals surface area contributed by atoms with E-state index in [1.807, 2.05) is 12.1 Å². The van der Waals surface area contributed by atoms with Gasteiger partial charge in [-0.1, -0.05) is 12.1 Å². The normalized spacial score (nSPS) is 20.4. The number of nitrogens with zero attached hydrogens (tertiary/aromatic N) is 3. The fraction of sp³-hybridized carbons (Fsp3) is 0.417. The summed E-state index contributed by atoms with van der Waals surface area (Å²) in [6.07, 6.45) is 0. The summed E-state index contributed by atoms with van der Waals surface area (Å²) in [5, 5.41) is 0. The highest BCUT2D eigenvalue weighted by Gasteiger charge is 2.32. The molecule has 2 aliphatic heterocycles. The fourth-order valence-corrected chi connectivity index (χ4v) is 3.56. The van der Waals surface area contributed by atoms with Crippen LogP contribution < -0.4 is 0 Å². The highest BCUT2D eigenvalue weighted by molar-refractivity contribution is 7.90. The molecule has 0 amide bonds. The summed E-state index contributed by atoms with van der Waals surface area (Å²) in [6, 6.07) is 7.04. The zero-order chi connectivity index (χ0) is 12.8. The summed E-state index contributed by atoms with van der Waals surface area (Å²) in [5.41, 5.74) is 0.738. The van der Waals surface area contributed by atoms with E-state index in [0.29, 0.717) is 10.7 Å². The monoisotopic (exact) mass is 337 g/mol. The molecule has 8 heteroatoms. The lowest BCUT2D eigenvalue weighted by Gasteiger charge is -2.33. The first-order chi connectivity index (χ1) is 8.58. The first-order valence-corrected chi connectivity index (χ1v) is 7.40. The van der Waals surface area contributed by atoms with Crippen molar-refractivity contribution in [2.24, 2.45) is 4.40 Å². The number of piperazine rings is 1. The average molecular weight is 338 g/mol. The van der Waals surface area contributed by atoms with Crippen molar-refractivity contribution in [3.63, 3.8) is 0 Å². The number of likely N-dealkylation sites (N-methyl/N-ethyl adjacent to an activating group) is 1. The maximum Gasteiger partial charge on any atom is 0.285 e. The standard InChI is InChI=1S/C12H15N3O2S.2ClH/c1-14-6-8-15(9-7-14)12-10-4-2-3-5-11(10)18(16,17)13-12;;/h2-5H,6-9H2,1H3;2*1H. The van der Waals surface area contributed by atoms with Crippen LogP contribution in [0.25, 0.3) is 0 Å². The lowest BCUT2D eigenvalue weighted by Crippen LogP contribution is -2.47. The van der Waals surface area contributed by atoms with Crippen LogP contribution in [-0.4, -0.2) is 57.3 Å². The molecule has 0 saturated carbocycles. The van der Waals surface area contributed by atoms with Gasteiger partial charge < -0.3 is 9.80 Å². The Bertz CT molecular complexity index is 611. The average Bonchev–Trinajstić information content (AvgIpc) is 2.63. The molecule has 1 saturated heterocycles. The molecule has 0 unspecified atom stereocenters. The van der Waals surface area contributed by atoms with Gasteiger partial charge in [0.2, 0.25) is 0 Å². The van der Waals surface area contributed by atoms with Crippen LogP contribution in [0.5, 0.6) is 0 Å². The van der Waals surface area contributed by atoms with Gasteiger partial charge in [0.05, 0.1) is 0 Å². The molecule has 0 N–H and O–H groups in total. The Morgan fingerprint density at radius 3 is 2.30 bits per heavy atom. The molecule has 1 aromatic rings. The highest BCUT2D eigenvalue weighted by atomic mass is 35.5. The predicted molar refractivity (Wildman–Crippen MR) is 83.7 cm³/mol. The Labute approximate surface area is 131 Å². The van der Waals surface area contributed by atoms with Gasteiger partial charge in [0.25, 0.3) is 10.0 Å². The number of sulfonamides is 1. The van der Waals surface area contributed by atoms with Crippen LogP contribution in [0.1, 0.15) is 5.56 Å². The van der Waals surface area contributed by atoms with Gasteiger partial charge in [-0.3, -0.25) is 0 Å². The second-order valence-electron chi connectivity index (χ2n) is 4.68. The maximum atomic E-state index is 11.9. The summed E-state index contributed by atoms with van der Waals surface area (Å²) in [4.78, 5) is 4.62. The SMILES string of the molecule is CN1CCN(C2=NS(=O)(=O)c3ccccc32)CC1.Cl.Cl.